The van der Waals surface area contributed by atoms with Gasteiger partial charge in [0.2, 0.25) is 0 Å². The smallest absolute Gasteiger partial charge is 0.419 e. The van der Waals surface area contributed by atoms with Crippen LogP contribution in [0, 0.1) is 5.82 Å². The normalized spacial score (nSPS) is 11.6. The summed E-state index contributed by atoms with van der Waals surface area (Å²) >= 11 is 0. The SMILES string of the molecule is O=C(O)c1cc(-c2ccc(F)c(C(F)(F)F)c2)n[nH]1. The van der Waals surface area contributed by atoms with Gasteiger partial charge in [-0.1, -0.05) is 0 Å². The first-order valence-electron chi connectivity index (χ1n) is 4.95. The Morgan fingerprint density at radius 3 is 2.47 bits per heavy atom. The third kappa shape index (κ3) is 2.56. The zero-order valence-electron chi connectivity index (χ0n) is 9.12. The van der Waals surface area contributed by atoms with Crippen molar-refractivity contribution >= 4 is 5.97 Å². The van der Waals surface area contributed by atoms with Gasteiger partial charge >= 0.3 is 12.1 Å². The van der Waals surface area contributed by atoms with Crippen LogP contribution in [0.5, 0.6) is 0 Å². The number of carboxylic acids is 1. The molecule has 0 fully saturated rings. The van der Waals surface area contributed by atoms with Gasteiger partial charge in [0, 0.05) is 5.56 Å². The zero-order valence-corrected chi connectivity index (χ0v) is 9.12. The Balaban J connectivity index is 2.48. The van der Waals surface area contributed by atoms with E-state index in [4.69, 9.17) is 5.11 Å². The number of rotatable bonds is 2. The second-order valence-electron chi connectivity index (χ2n) is 3.66. The molecule has 1 heterocycles. The Morgan fingerprint density at radius 1 is 1.26 bits per heavy atom. The van der Waals surface area contributed by atoms with Gasteiger partial charge in [-0.25, -0.2) is 9.18 Å². The fourth-order valence-corrected chi connectivity index (χ4v) is 1.48. The van der Waals surface area contributed by atoms with E-state index in [1.165, 1.54) is 0 Å². The Labute approximate surface area is 103 Å². The molecule has 100 valence electrons. The van der Waals surface area contributed by atoms with Crippen LogP contribution in [0.3, 0.4) is 0 Å². The van der Waals surface area contributed by atoms with Gasteiger partial charge in [0.15, 0.2) is 0 Å². The predicted molar refractivity (Wildman–Crippen MR) is 55.9 cm³/mol. The molecule has 0 aliphatic heterocycles. The Kier molecular flexibility index (Phi) is 3.01. The van der Waals surface area contributed by atoms with E-state index in [0.29, 0.717) is 12.1 Å². The molecule has 8 heteroatoms. The molecule has 0 bridgehead atoms. The molecule has 2 N–H and O–H groups in total. The minimum absolute atomic E-state index is 0.0112. The lowest BCUT2D eigenvalue weighted by molar-refractivity contribution is -0.139. The van der Waals surface area contributed by atoms with Crippen LogP contribution in [0.1, 0.15) is 16.1 Å². The van der Waals surface area contributed by atoms with Crippen LogP contribution in [0.4, 0.5) is 17.6 Å². The van der Waals surface area contributed by atoms with Gasteiger partial charge in [-0.3, -0.25) is 5.10 Å². The molecule has 0 spiro atoms. The molecule has 0 unspecified atom stereocenters. The van der Waals surface area contributed by atoms with Crippen LogP contribution in [-0.4, -0.2) is 21.3 Å². The summed E-state index contributed by atoms with van der Waals surface area (Å²) in [6.07, 6.45) is -4.83. The lowest BCUT2D eigenvalue weighted by atomic mass is 10.1. The monoisotopic (exact) mass is 274 g/mol. The summed E-state index contributed by atoms with van der Waals surface area (Å²) in [6, 6.07) is 3.40. The third-order valence-electron chi connectivity index (χ3n) is 2.38. The third-order valence-corrected chi connectivity index (χ3v) is 2.38. The van der Waals surface area contributed by atoms with Crippen LogP contribution in [-0.2, 0) is 6.18 Å². The number of halogens is 4. The Hall–Kier alpha value is -2.38. The van der Waals surface area contributed by atoms with E-state index in [0.717, 1.165) is 12.1 Å². The van der Waals surface area contributed by atoms with Crippen molar-refractivity contribution in [2.24, 2.45) is 0 Å². The summed E-state index contributed by atoms with van der Waals surface area (Å²) in [7, 11) is 0. The summed E-state index contributed by atoms with van der Waals surface area (Å²) in [5.41, 5.74) is -1.74. The van der Waals surface area contributed by atoms with Crippen molar-refractivity contribution < 1.29 is 27.5 Å². The summed E-state index contributed by atoms with van der Waals surface area (Å²) in [4.78, 5) is 10.6. The van der Waals surface area contributed by atoms with Gasteiger partial charge in [-0.05, 0) is 24.3 Å². The topological polar surface area (TPSA) is 66.0 Å². The van der Waals surface area contributed by atoms with Crippen LogP contribution in [0.15, 0.2) is 24.3 Å². The Morgan fingerprint density at radius 2 is 1.95 bits per heavy atom. The number of nitrogens with zero attached hydrogens (tertiary/aromatic N) is 1. The average molecular weight is 274 g/mol. The molecule has 0 saturated carbocycles. The first-order chi connectivity index (χ1) is 8.79. The molecule has 0 saturated heterocycles. The summed E-state index contributed by atoms with van der Waals surface area (Å²) in [5, 5.41) is 14.4. The number of alkyl halides is 3. The highest BCUT2D eigenvalue weighted by atomic mass is 19.4. The van der Waals surface area contributed by atoms with Crippen LogP contribution >= 0.6 is 0 Å². The first kappa shape index (κ1) is 13.1. The van der Waals surface area contributed by atoms with Gasteiger partial charge in [0.05, 0.1) is 11.3 Å². The number of aromatic amines is 1. The number of benzene rings is 1. The largest absolute Gasteiger partial charge is 0.477 e. The molecular weight excluding hydrogens is 268 g/mol. The van der Waals surface area contributed by atoms with Gasteiger partial charge in [-0.2, -0.15) is 18.3 Å². The van der Waals surface area contributed by atoms with Crippen molar-refractivity contribution in [1.29, 1.82) is 0 Å². The Bertz CT molecular complexity index is 634. The second kappa shape index (κ2) is 4.38. The van der Waals surface area contributed by atoms with Gasteiger partial charge in [0.25, 0.3) is 0 Å². The van der Waals surface area contributed by atoms with Crippen LogP contribution in [0.2, 0.25) is 0 Å². The fourth-order valence-electron chi connectivity index (χ4n) is 1.48. The maximum atomic E-state index is 13.1. The lowest BCUT2D eigenvalue weighted by Crippen LogP contribution is -2.08. The number of aromatic nitrogens is 2. The molecule has 1 aromatic heterocycles. The van der Waals surface area contributed by atoms with Crippen molar-refractivity contribution in [2.45, 2.75) is 6.18 Å². The van der Waals surface area contributed by atoms with Crippen molar-refractivity contribution in [1.82, 2.24) is 10.2 Å². The quantitative estimate of drug-likeness (QED) is 0.827. The predicted octanol–water partition coefficient (Wildman–Crippen LogP) is 2.93. The van der Waals surface area contributed by atoms with E-state index in [2.05, 4.69) is 10.2 Å². The number of carboxylic acid groups (broad SMARTS) is 1. The molecule has 0 aliphatic carbocycles. The average Bonchev–Trinajstić information content (AvgIpc) is 2.77. The summed E-state index contributed by atoms with van der Waals surface area (Å²) in [6.45, 7) is 0. The lowest BCUT2D eigenvalue weighted by Gasteiger charge is -2.08. The minimum Gasteiger partial charge on any atom is -0.477 e. The fraction of sp³-hybridized carbons (Fsp3) is 0.0909. The van der Waals surface area contributed by atoms with Crippen LogP contribution < -0.4 is 0 Å². The molecule has 4 nitrogen and oxygen atoms in total. The molecule has 19 heavy (non-hydrogen) atoms. The highest BCUT2D eigenvalue weighted by molar-refractivity contribution is 5.86. The van der Waals surface area contributed by atoms with Crippen molar-refractivity contribution in [3.8, 4) is 11.3 Å². The number of nitrogens with one attached hydrogen (secondary N) is 1. The molecule has 0 amide bonds. The van der Waals surface area contributed by atoms with Gasteiger partial charge < -0.3 is 5.11 Å². The van der Waals surface area contributed by atoms with Crippen LogP contribution in [0.25, 0.3) is 11.3 Å². The molecule has 0 radical (unpaired) electrons. The number of H-pyrrole nitrogens is 1. The molecule has 0 atom stereocenters. The number of hydrogen-bond donors (Lipinski definition) is 2. The van der Waals surface area contributed by atoms with Gasteiger partial charge in [0.1, 0.15) is 11.5 Å². The molecule has 2 aromatic rings. The van der Waals surface area contributed by atoms with Gasteiger partial charge in [-0.15, -0.1) is 0 Å². The first-order valence-corrected chi connectivity index (χ1v) is 4.95. The van der Waals surface area contributed by atoms with E-state index < -0.39 is 23.5 Å². The number of hydrogen-bond acceptors (Lipinski definition) is 2. The summed E-state index contributed by atoms with van der Waals surface area (Å²) < 4.78 is 50.6. The zero-order chi connectivity index (χ0) is 14.2. The molecule has 1 aromatic carbocycles. The summed E-state index contributed by atoms with van der Waals surface area (Å²) in [5.74, 6) is -2.69. The van der Waals surface area contributed by atoms with E-state index in [-0.39, 0.29) is 17.0 Å². The molecular formula is C11H6F4N2O2. The second-order valence-corrected chi connectivity index (χ2v) is 3.66. The highest BCUT2D eigenvalue weighted by Gasteiger charge is 2.34. The van der Waals surface area contributed by atoms with E-state index in [1.54, 1.807) is 0 Å². The highest BCUT2D eigenvalue weighted by Crippen LogP contribution is 2.33. The maximum absolute atomic E-state index is 13.1. The van der Waals surface area contributed by atoms with E-state index >= 15 is 0 Å². The number of aromatic carboxylic acids is 1. The van der Waals surface area contributed by atoms with Crippen molar-refractivity contribution in [3.05, 3.63) is 41.3 Å². The van der Waals surface area contributed by atoms with E-state index in [9.17, 15) is 22.4 Å². The van der Waals surface area contributed by atoms with Crippen molar-refractivity contribution in [3.63, 3.8) is 0 Å². The maximum Gasteiger partial charge on any atom is 0.419 e. The van der Waals surface area contributed by atoms with E-state index in [1.807, 2.05) is 0 Å². The molecule has 2 rings (SSSR count). The molecule has 0 aliphatic rings. The number of carbonyl (C=O) groups is 1. The standard InChI is InChI=1S/C11H6F4N2O2/c12-7-2-1-5(3-6(7)11(13,14)15)8-4-9(10(18)19)17-16-8/h1-4H,(H,16,17)(H,18,19). The minimum atomic E-state index is -4.83. The van der Waals surface area contributed by atoms with Crippen molar-refractivity contribution in [2.75, 3.05) is 0 Å².